The monoisotopic (exact) mass is 482 g/mol. The van der Waals surface area contributed by atoms with E-state index in [9.17, 15) is 14.0 Å². The third kappa shape index (κ3) is 3.56. The fourth-order valence-corrected chi connectivity index (χ4v) is 6.07. The van der Waals surface area contributed by atoms with Crippen LogP contribution in [0.4, 0.5) is 10.1 Å². The van der Waals surface area contributed by atoms with Crippen molar-refractivity contribution in [1.82, 2.24) is 4.90 Å². The highest BCUT2D eigenvalue weighted by molar-refractivity contribution is 8.01. The van der Waals surface area contributed by atoms with Crippen molar-refractivity contribution < 1.29 is 18.7 Å². The number of benzene rings is 3. The van der Waals surface area contributed by atoms with Gasteiger partial charge in [-0.05, 0) is 54.1 Å². The van der Waals surface area contributed by atoms with Gasteiger partial charge in [0.25, 0.3) is 11.8 Å². The van der Waals surface area contributed by atoms with Crippen molar-refractivity contribution in [3.63, 3.8) is 0 Å². The molecule has 3 aromatic rings. The molecule has 0 aliphatic carbocycles. The highest BCUT2D eigenvalue weighted by Gasteiger charge is 2.59. The highest BCUT2D eigenvalue weighted by Crippen LogP contribution is 2.55. The van der Waals surface area contributed by atoms with E-state index in [0.29, 0.717) is 39.9 Å². The van der Waals surface area contributed by atoms with Gasteiger partial charge in [0.15, 0.2) is 4.87 Å². The number of ether oxygens (including phenoxy) is 1. The normalized spacial score (nSPS) is 19.3. The van der Waals surface area contributed by atoms with Gasteiger partial charge in [0, 0.05) is 28.4 Å². The van der Waals surface area contributed by atoms with Crippen LogP contribution in [0.25, 0.3) is 0 Å². The average Bonchev–Trinajstić information content (AvgIpc) is 3.36. The van der Waals surface area contributed by atoms with E-state index >= 15 is 0 Å². The van der Waals surface area contributed by atoms with Gasteiger partial charge in [-0.1, -0.05) is 29.8 Å². The Labute approximate surface area is 200 Å². The number of rotatable bonds is 4. The van der Waals surface area contributed by atoms with Crippen LogP contribution in [0.1, 0.15) is 21.5 Å². The van der Waals surface area contributed by atoms with Crippen LogP contribution in [-0.4, -0.2) is 36.1 Å². The molecule has 1 fully saturated rings. The number of nitrogens with zero attached hydrogens (tertiary/aromatic N) is 2. The van der Waals surface area contributed by atoms with Crippen LogP contribution < -0.4 is 9.64 Å². The largest absolute Gasteiger partial charge is 0.497 e. The molecule has 1 atom stereocenters. The summed E-state index contributed by atoms with van der Waals surface area (Å²) < 4.78 is 18.9. The van der Waals surface area contributed by atoms with Gasteiger partial charge < -0.3 is 14.5 Å². The lowest BCUT2D eigenvalue weighted by molar-refractivity contribution is -0.123. The molecule has 0 N–H and O–H groups in total. The molecular weight excluding hydrogens is 463 g/mol. The van der Waals surface area contributed by atoms with Gasteiger partial charge in [0.05, 0.1) is 19.3 Å². The van der Waals surface area contributed by atoms with Crippen LogP contribution in [0.5, 0.6) is 5.75 Å². The molecule has 0 aromatic heterocycles. The third-order valence-corrected chi connectivity index (χ3v) is 7.63. The molecule has 2 amide bonds. The van der Waals surface area contributed by atoms with E-state index in [1.807, 2.05) is 12.1 Å². The number of methoxy groups -OCH3 is 1. The quantitative estimate of drug-likeness (QED) is 0.520. The molecule has 2 aliphatic heterocycles. The van der Waals surface area contributed by atoms with Gasteiger partial charge in [0.1, 0.15) is 11.6 Å². The average molecular weight is 483 g/mol. The summed E-state index contributed by atoms with van der Waals surface area (Å²) in [7, 11) is 1.57. The molecule has 3 aromatic carbocycles. The Kier molecular flexibility index (Phi) is 5.54. The number of thioether (sulfide) groups is 1. The van der Waals surface area contributed by atoms with Crippen molar-refractivity contribution in [2.45, 2.75) is 11.4 Å². The fraction of sp³-hybridized carbons (Fsp3) is 0.200. The first-order chi connectivity index (χ1) is 15.9. The van der Waals surface area contributed by atoms with Crippen LogP contribution in [0, 0.1) is 5.82 Å². The minimum absolute atomic E-state index is 0.201. The molecule has 168 valence electrons. The van der Waals surface area contributed by atoms with Crippen molar-refractivity contribution in [2.75, 3.05) is 24.3 Å². The zero-order valence-corrected chi connectivity index (χ0v) is 19.3. The Bertz CT molecular complexity index is 1250. The molecule has 1 spiro atoms. The van der Waals surface area contributed by atoms with Gasteiger partial charge in [-0.3, -0.25) is 9.59 Å². The van der Waals surface area contributed by atoms with Crippen LogP contribution in [0.2, 0.25) is 5.02 Å². The van der Waals surface area contributed by atoms with E-state index in [1.165, 1.54) is 23.9 Å². The van der Waals surface area contributed by atoms with Crippen molar-refractivity contribution >= 4 is 40.9 Å². The first kappa shape index (κ1) is 21.8. The van der Waals surface area contributed by atoms with Crippen molar-refractivity contribution in [2.24, 2.45) is 0 Å². The number of halogens is 2. The maximum atomic E-state index is 14.0. The first-order valence-corrected chi connectivity index (χ1v) is 11.8. The molecule has 5 nitrogen and oxygen atoms in total. The Balaban J connectivity index is 1.61. The maximum Gasteiger partial charge on any atom is 0.268 e. The van der Waals surface area contributed by atoms with Crippen LogP contribution in [-0.2, 0) is 16.2 Å². The Morgan fingerprint density at radius 3 is 2.67 bits per heavy atom. The number of fused-ring (bicyclic) bond motifs is 2. The second kappa shape index (κ2) is 8.39. The summed E-state index contributed by atoms with van der Waals surface area (Å²) in [6.07, 6.45) is 0. The molecule has 2 aliphatic rings. The Hall–Kier alpha value is -3.03. The lowest BCUT2D eigenvalue weighted by Crippen LogP contribution is -2.50. The van der Waals surface area contributed by atoms with Crippen molar-refractivity contribution in [1.29, 1.82) is 0 Å². The van der Waals surface area contributed by atoms with Crippen LogP contribution >= 0.6 is 23.4 Å². The SMILES string of the molecule is COc1ccc2c(c1)[C@@]1(SCCN1C(=O)c1cccc(Cl)c1)C(=O)N2Cc1ccc(F)cc1. The Morgan fingerprint density at radius 2 is 1.94 bits per heavy atom. The number of amides is 2. The van der Waals surface area contributed by atoms with Crippen molar-refractivity contribution in [3.05, 3.63) is 94.3 Å². The lowest BCUT2D eigenvalue weighted by atomic mass is 10.0. The predicted molar refractivity (Wildman–Crippen MR) is 127 cm³/mol. The van der Waals surface area contributed by atoms with Gasteiger partial charge in [-0.25, -0.2) is 4.39 Å². The summed E-state index contributed by atoms with van der Waals surface area (Å²) >= 11 is 7.57. The molecule has 0 unspecified atom stereocenters. The van der Waals surface area contributed by atoms with Gasteiger partial charge in [-0.2, -0.15) is 0 Å². The van der Waals surface area contributed by atoms with Crippen molar-refractivity contribution in [3.8, 4) is 5.75 Å². The third-order valence-electron chi connectivity index (χ3n) is 5.97. The number of carbonyl (C=O) groups excluding carboxylic acids is 2. The summed E-state index contributed by atoms with van der Waals surface area (Å²) in [6, 6.07) is 18.3. The smallest absolute Gasteiger partial charge is 0.268 e. The molecule has 1 saturated heterocycles. The van der Waals surface area contributed by atoms with Gasteiger partial charge in [0.2, 0.25) is 0 Å². The van der Waals surface area contributed by atoms with E-state index in [-0.39, 0.29) is 24.2 Å². The zero-order valence-electron chi connectivity index (χ0n) is 17.8. The lowest BCUT2D eigenvalue weighted by Gasteiger charge is -2.33. The minimum atomic E-state index is -1.21. The molecule has 0 bridgehead atoms. The summed E-state index contributed by atoms with van der Waals surface area (Å²) in [6.45, 7) is 0.683. The molecule has 8 heteroatoms. The second-order valence-electron chi connectivity index (χ2n) is 7.86. The summed E-state index contributed by atoms with van der Waals surface area (Å²) in [5.41, 5.74) is 2.65. The standard InChI is InChI=1S/C25H20ClFN2O3S/c1-32-20-9-10-22-21(14-20)25(24(31)28(22)15-16-5-7-19(27)8-6-16)29(11-12-33-25)23(30)17-3-2-4-18(26)13-17/h2-10,13-14H,11-12,15H2,1H3/t25-/m1/s1. The topological polar surface area (TPSA) is 49.9 Å². The van der Waals surface area contributed by atoms with Crippen LogP contribution in [0.3, 0.4) is 0 Å². The van der Waals surface area contributed by atoms with E-state index in [1.54, 1.807) is 59.4 Å². The molecule has 33 heavy (non-hydrogen) atoms. The molecule has 0 saturated carbocycles. The van der Waals surface area contributed by atoms with E-state index in [4.69, 9.17) is 16.3 Å². The van der Waals surface area contributed by atoms with E-state index in [2.05, 4.69) is 0 Å². The van der Waals surface area contributed by atoms with E-state index in [0.717, 1.165) is 5.56 Å². The first-order valence-electron chi connectivity index (χ1n) is 10.4. The molecular formula is C25H20ClFN2O3S. The maximum absolute atomic E-state index is 14.0. The zero-order chi connectivity index (χ0) is 23.2. The van der Waals surface area contributed by atoms with E-state index < -0.39 is 4.87 Å². The highest BCUT2D eigenvalue weighted by atomic mass is 35.5. The van der Waals surface area contributed by atoms with Gasteiger partial charge in [-0.15, -0.1) is 11.8 Å². The summed E-state index contributed by atoms with van der Waals surface area (Å²) in [5.74, 6) is 0.421. The number of anilines is 1. The number of hydrogen-bond donors (Lipinski definition) is 0. The molecule has 2 heterocycles. The summed E-state index contributed by atoms with van der Waals surface area (Å²) in [4.78, 5) is 29.7. The molecule has 0 radical (unpaired) electrons. The fourth-order valence-electron chi connectivity index (χ4n) is 4.43. The van der Waals surface area contributed by atoms with Gasteiger partial charge >= 0.3 is 0 Å². The second-order valence-corrected chi connectivity index (χ2v) is 9.58. The Morgan fingerprint density at radius 1 is 1.15 bits per heavy atom. The predicted octanol–water partition coefficient (Wildman–Crippen LogP) is 5.08. The minimum Gasteiger partial charge on any atom is -0.497 e. The number of hydrogen-bond acceptors (Lipinski definition) is 4. The number of carbonyl (C=O) groups is 2. The van der Waals surface area contributed by atoms with Crippen LogP contribution in [0.15, 0.2) is 66.7 Å². The molecule has 5 rings (SSSR count). The summed E-state index contributed by atoms with van der Waals surface area (Å²) in [5, 5.41) is 0.458.